The van der Waals surface area contributed by atoms with Gasteiger partial charge in [-0.3, -0.25) is 0 Å². The number of methoxy groups -OCH3 is 1. The van der Waals surface area contributed by atoms with Crippen molar-refractivity contribution < 1.29 is 14.3 Å². The van der Waals surface area contributed by atoms with E-state index in [0.29, 0.717) is 12.3 Å². The average Bonchev–Trinajstić information content (AvgIpc) is 2.61. The Kier molecular flexibility index (Phi) is 4.24. The third-order valence-corrected chi connectivity index (χ3v) is 3.59. The van der Waals surface area contributed by atoms with E-state index in [0.717, 1.165) is 27.8 Å². The Morgan fingerprint density at radius 3 is 2.52 bits per heavy atom. The number of ether oxygens (including phenoxy) is 2. The van der Waals surface area contributed by atoms with Crippen molar-refractivity contribution in [3.8, 4) is 17.0 Å². The van der Waals surface area contributed by atoms with E-state index < -0.39 is 5.97 Å². The van der Waals surface area contributed by atoms with E-state index in [1.165, 1.54) is 0 Å². The highest BCUT2D eigenvalue weighted by atomic mass is 16.5. The lowest BCUT2D eigenvalue weighted by atomic mass is 10.0. The van der Waals surface area contributed by atoms with E-state index in [2.05, 4.69) is 4.98 Å². The number of fused-ring (bicyclic) bond motifs is 1. The zero-order chi connectivity index (χ0) is 16.2. The SMILES string of the molecule is CCOC(=O)c1nc(-c2ccc(OC)cc2)cc2ccccc12. The predicted molar refractivity (Wildman–Crippen MR) is 89.7 cm³/mol. The van der Waals surface area contributed by atoms with Crippen LogP contribution in [-0.2, 0) is 4.74 Å². The number of hydrogen-bond donors (Lipinski definition) is 0. The molecule has 0 atom stereocenters. The molecule has 0 N–H and O–H groups in total. The number of carbonyl (C=O) groups excluding carboxylic acids is 1. The highest BCUT2D eigenvalue weighted by Crippen LogP contribution is 2.26. The summed E-state index contributed by atoms with van der Waals surface area (Å²) in [6.07, 6.45) is 0. The van der Waals surface area contributed by atoms with Crippen LogP contribution in [0.4, 0.5) is 0 Å². The lowest BCUT2D eigenvalue weighted by molar-refractivity contribution is 0.0522. The summed E-state index contributed by atoms with van der Waals surface area (Å²) in [7, 11) is 1.63. The Hall–Kier alpha value is -2.88. The van der Waals surface area contributed by atoms with Crippen molar-refractivity contribution in [2.24, 2.45) is 0 Å². The minimum atomic E-state index is -0.404. The van der Waals surface area contributed by atoms with Crippen LogP contribution >= 0.6 is 0 Å². The second-order valence-electron chi connectivity index (χ2n) is 5.03. The Morgan fingerprint density at radius 1 is 1.09 bits per heavy atom. The highest BCUT2D eigenvalue weighted by Gasteiger charge is 2.15. The van der Waals surface area contributed by atoms with E-state index in [1.807, 2.05) is 54.6 Å². The van der Waals surface area contributed by atoms with Gasteiger partial charge in [-0.25, -0.2) is 9.78 Å². The van der Waals surface area contributed by atoms with Crippen LogP contribution in [0.25, 0.3) is 22.0 Å². The normalized spacial score (nSPS) is 10.5. The van der Waals surface area contributed by atoms with Crippen LogP contribution in [0, 0.1) is 0 Å². The van der Waals surface area contributed by atoms with Gasteiger partial charge >= 0.3 is 5.97 Å². The van der Waals surface area contributed by atoms with Crippen LogP contribution in [0.1, 0.15) is 17.4 Å². The summed E-state index contributed by atoms with van der Waals surface area (Å²) in [6.45, 7) is 2.11. The van der Waals surface area contributed by atoms with Crippen molar-refractivity contribution in [1.29, 1.82) is 0 Å². The van der Waals surface area contributed by atoms with Crippen molar-refractivity contribution in [1.82, 2.24) is 4.98 Å². The lowest BCUT2D eigenvalue weighted by Crippen LogP contribution is -2.08. The molecule has 0 amide bonds. The van der Waals surface area contributed by atoms with Gasteiger partial charge < -0.3 is 9.47 Å². The lowest BCUT2D eigenvalue weighted by Gasteiger charge is -2.09. The zero-order valence-corrected chi connectivity index (χ0v) is 13.1. The molecule has 4 heteroatoms. The Bertz CT molecular complexity index is 841. The summed E-state index contributed by atoms with van der Waals surface area (Å²) in [4.78, 5) is 16.8. The number of esters is 1. The van der Waals surface area contributed by atoms with Crippen LogP contribution in [0.5, 0.6) is 5.75 Å². The van der Waals surface area contributed by atoms with Crippen molar-refractivity contribution in [2.75, 3.05) is 13.7 Å². The summed E-state index contributed by atoms with van der Waals surface area (Å²) in [5, 5.41) is 1.75. The van der Waals surface area contributed by atoms with Crippen LogP contribution in [-0.4, -0.2) is 24.7 Å². The number of rotatable bonds is 4. The summed E-state index contributed by atoms with van der Waals surface area (Å²) >= 11 is 0. The van der Waals surface area contributed by atoms with Gasteiger partial charge in [0.2, 0.25) is 0 Å². The summed E-state index contributed by atoms with van der Waals surface area (Å²) < 4.78 is 10.3. The van der Waals surface area contributed by atoms with Crippen molar-refractivity contribution in [2.45, 2.75) is 6.92 Å². The Morgan fingerprint density at radius 2 is 1.83 bits per heavy atom. The molecule has 0 aliphatic heterocycles. The second-order valence-corrected chi connectivity index (χ2v) is 5.03. The summed E-state index contributed by atoms with van der Waals surface area (Å²) in [5.41, 5.74) is 1.99. The molecule has 3 rings (SSSR count). The molecule has 0 bridgehead atoms. The minimum Gasteiger partial charge on any atom is -0.497 e. The summed E-state index contributed by atoms with van der Waals surface area (Å²) in [5.74, 6) is 0.374. The van der Waals surface area contributed by atoms with Crippen molar-refractivity contribution >= 4 is 16.7 Å². The van der Waals surface area contributed by atoms with Gasteiger partial charge in [0.15, 0.2) is 5.69 Å². The first-order valence-electron chi connectivity index (χ1n) is 7.44. The fourth-order valence-corrected chi connectivity index (χ4v) is 2.46. The first-order valence-corrected chi connectivity index (χ1v) is 7.44. The Labute approximate surface area is 134 Å². The first kappa shape index (κ1) is 15.0. The summed E-state index contributed by atoms with van der Waals surface area (Å²) in [6, 6.07) is 17.2. The van der Waals surface area contributed by atoms with Gasteiger partial charge in [-0.1, -0.05) is 24.3 Å². The molecule has 0 saturated heterocycles. The topological polar surface area (TPSA) is 48.4 Å². The number of nitrogens with zero attached hydrogens (tertiary/aromatic N) is 1. The Balaban J connectivity index is 2.15. The molecule has 4 nitrogen and oxygen atoms in total. The number of hydrogen-bond acceptors (Lipinski definition) is 4. The van der Waals surface area contributed by atoms with Crippen LogP contribution in [0.15, 0.2) is 54.6 Å². The van der Waals surface area contributed by atoms with Gasteiger partial charge in [0.1, 0.15) is 5.75 Å². The third-order valence-electron chi connectivity index (χ3n) is 3.59. The van der Waals surface area contributed by atoms with Crippen LogP contribution in [0.3, 0.4) is 0 Å². The molecule has 23 heavy (non-hydrogen) atoms. The quantitative estimate of drug-likeness (QED) is 0.681. The predicted octanol–water partition coefficient (Wildman–Crippen LogP) is 4.09. The molecular weight excluding hydrogens is 290 g/mol. The van der Waals surface area contributed by atoms with Gasteiger partial charge in [0.25, 0.3) is 0 Å². The molecule has 0 unspecified atom stereocenters. The zero-order valence-electron chi connectivity index (χ0n) is 13.1. The van der Waals surface area contributed by atoms with E-state index >= 15 is 0 Å². The van der Waals surface area contributed by atoms with E-state index in [4.69, 9.17) is 9.47 Å². The van der Waals surface area contributed by atoms with Crippen molar-refractivity contribution in [3.05, 3.63) is 60.3 Å². The molecule has 1 heterocycles. The molecule has 2 aromatic carbocycles. The number of carbonyl (C=O) groups is 1. The van der Waals surface area contributed by atoms with Gasteiger partial charge in [-0.05, 0) is 42.6 Å². The van der Waals surface area contributed by atoms with Crippen molar-refractivity contribution in [3.63, 3.8) is 0 Å². The molecule has 0 fully saturated rings. The molecule has 0 aliphatic rings. The molecule has 116 valence electrons. The highest BCUT2D eigenvalue weighted by molar-refractivity contribution is 6.03. The monoisotopic (exact) mass is 307 g/mol. The molecule has 0 radical (unpaired) electrons. The fourth-order valence-electron chi connectivity index (χ4n) is 2.46. The van der Waals surface area contributed by atoms with E-state index in [-0.39, 0.29) is 0 Å². The van der Waals surface area contributed by atoms with Gasteiger partial charge in [-0.2, -0.15) is 0 Å². The third kappa shape index (κ3) is 3.01. The van der Waals surface area contributed by atoms with E-state index in [1.54, 1.807) is 14.0 Å². The molecular formula is C19H17NO3. The maximum Gasteiger partial charge on any atom is 0.357 e. The largest absolute Gasteiger partial charge is 0.497 e. The maximum absolute atomic E-state index is 12.2. The maximum atomic E-state index is 12.2. The van der Waals surface area contributed by atoms with Gasteiger partial charge in [0.05, 0.1) is 19.4 Å². The minimum absolute atomic E-state index is 0.321. The van der Waals surface area contributed by atoms with E-state index in [9.17, 15) is 4.79 Å². The van der Waals surface area contributed by atoms with Crippen LogP contribution in [0.2, 0.25) is 0 Å². The molecule has 1 aromatic heterocycles. The molecule has 3 aromatic rings. The van der Waals surface area contributed by atoms with Crippen LogP contribution < -0.4 is 4.74 Å². The van der Waals surface area contributed by atoms with Gasteiger partial charge in [0, 0.05) is 10.9 Å². The number of pyridine rings is 1. The molecule has 0 saturated carbocycles. The molecule has 0 aliphatic carbocycles. The second kappa shape index (κ2) is 6.48. The van der Waals surface area contributed by atoms with Gasteiger partial charge in [-0.15, -0.1) is 0 Å². The average molecular weight is 307 g/mol. The molecule has 0 spiro atoms. The number of aromatic nitrogens is 1. The smallest absolute Gasteiger partial charge is 0.357 e. The number of benzene rings is 2. The standard InChI is InChI=1S/C19H17NO3/c1-3-23-19(21)18-16-7-5-4-6-14(16)12-17(20-18)13-8-10-15(22-2)11-9-13/h4-12H,3H2,1-2H3. The first-order chi connectivity index (χ1) is 11.2. The fraction of sp³-hybridized carbons (Fsp3) is 0.158.